The first-order valence-corrected chi connectivity index (χ1v) is 14.8. The predicted molar refractivity (Wildman–Crippen MR) is 155 cm³/mol. The molecule has 10 atom stereocenters. The van der Waals surface area contributed by atoms with Crippen LogP contribution in [0.1, 0.15) is 27.0 Å². The van der Waals surface area contributed by atoms with Crippen LogP contribution in [0.5, 0.6) is 23.0 Å². The van der Waals surface area contributed by atoms with E-state index in [9.17, 15) is 55.2 Å². The lowest BCUT2D eigenvalue weighted by molar-refractivity contribution is -0.271. The van der Waals surface area contributed by atoms with E-state index in [1.165, 1.54) is 36.4 Å². The van der Waals surface area contributed by atoms with Gasteiger partial charge in [0.15, 0.2) is 17.8 Å². The van der Waals surface area contributed by atoms with Gasteiger partial charge in [0.2, 0.25) is 12.6 Å². The van der Waals surface area contributed by atoms with E-state index in [-0.39, 0.29) is 28.6 Å². The Hall–Kier alpha value is -4.85. The molecule has 49 heavy (non-hydrogen) atoms. The van der Waals surface area contributed by atoms with Crippen molar-refractivity contribution in [3.05, 3.63) is 82.9 Å². The number of hydrogen-bond donors (Lipinski definition) is 8. The summed E-state index contributed by atoms with van der Waals surface area (Å²) in [6.45, 7) is 0. The molecule has 0 bridgehead atoms. The third kappa shape index (κ3) is 5.15. The summed E-state index contributed by atoms with van der Waals surface area (Å²) in [6.07, 6.45) is -18.7. The molecule has 0 saturated carbocycles. The van der Waals surface area contributed by atoms with Crippen LogP contribution in [0.3, 0.4) is 0 Å². The molecule has 3 aromatic carbocycles. The van der Waals surface area contributed by atoms with Crippen molar-refractivity contribution >= 4 is 17.9 Å². The number of benzene rings is 3. The molecule has 2 saturated heterocycles. The zero-order valence-corrected chi connectivity index (χ0v) is 24.8. The molecule has 0 aromatic heterocycles. The number of carboxylic acids is 2. The summed E-state index contributed by atoms with van der Waals surface area (Å²) in [5, 5.41) is 80.2. The van der Waals surface area contributed by atoms with Gasteiger partial charge < -0.3 is 69.3 Å². The van der Waals surface area contributed by atoms with E-state index >= 15 is 0 Å². The number of carbonyl (C=O) groups excluding carboxylic acids is 1. The number of fused-ring (bicyclic) bond motifs is 6. The Morgan fingerprint density at radius 3 is 1.55 bits per heavy atom. The van der Waals surface area contributed by atoms with Gasteiger partial charge >= 0.3 is 17.9 Å². The summed E-state index contributed by atoms with van der Waals surface area (Å²) in [4.78, 5) is 36.3. The number of aliphatic hydroxyl groups excluding tert-OH is 6. The molecule has 17 heteroatoms. The Labute approximate surface area is 274 Å². The van der Waals surface area contributed by atoms with E-state index in [2.05, 4.69) is 0 Å². The molecule has 7 rings (SSSR count). The highest BCUT2D eigenvalue weighted by Crippen LogP contribution is 2.57. The number of esters is 1. The molecule has 4 heterocycles. The van der Waals surface area contributed by atoms with Crippen LogP contribution in [0.25, 0.3) is 0 Å². The molecule has 2 fully saturated rings. The van der Waals surface area contributed by atoms with Gasteiger partial charge in [-0.15, -0.1) is 0 Å². The smallest absolute Gasteiger partial charge is 0.340 e. The Morgan fingerprint density at radius 2 is 1.08 bits per heavy atom. The Kier molecular flexibility index (Phi) is 7.96. The minimum absolute atomic E-state index is 0.0470. The standard InChI is InChI=1S/C32H28O17/c33-19-21(35)25(27(39)40)47-30(23(19)37)44-11-5-7-15-17(9-11)46-18-10-12(45-31-24(38)20(34)22(36)26(48-31)28(41)42)6-8-16(18)32(15)14-4-2-1-3-13(14)29(43)49-32/h1-10,19-26,30-31,33-38H,(H,39,40)(H,41,42)/t19?,20?,21-,22-,23?,24?,25?,26?,30+,31+,32?/m0/s1. The number of carbonyl (C=O) groups is 3. The highest BCUT2D eigenvalue weighted by Gasteiger charge is 2.54. The number of hydrogen-bond acceptors (Lipinski definition) is 15. The summed E-state index contributed by atoms with van der Waals surface area (Å²) in [6, 6.07) is 15.1. The van der Waals surface area contributed by atoms with E-state index in [0.29, 0.717) is 16.7 Å². The van der Waals surface area contributed by atoms with Gasteiger partial charge in [0.1, 0.15) is 59.6 Å². The Bertz CT molecular complexity index is 1730. The molecule has 17 nitrogen and oxygen atoms in total. The quantitative estimate of drug-likeness (QED) is 0.142. The molecule has 4 aliphatic rings. The van der Waals surface area contributed by atoms with E-state index in [0.717, 1.165) is 0 Å². The fourth-order valence-corrected chi connectivity index (χ4v) is 6.35. The van der Waals surface area contributed by atoms with Crippen molar-refractivity contribution in [2.75, 3.05) is 0 Å². The predicted octanol–water partition coefficient (Wildman–Crippen LogP) is -1.20. The maximum absolute atomic E-state index is 13.2. The molecule has 3 aromatic rings. The molecule has 0 aliphatic carbocycles. The molecule has 4 aliphatic heterocycles. The van der Waals surface area contributed by atoms with Crippen molar-refractivity contribution in [3.63, 3.8) is 0 Å². The molecule has 6 unspecified atom stereocenters. The van der Waals surface area contributed by atoms with Gasteiger partial charge in [-0.25, -0.2) is 14.4 Å². The fraction of sp³-hybridized carbons (Fsp3) is 0.344. The second-order valence-electron chi connectivity index (χ2n) is 11.7. The SMILES string of the molecule is O=C1OC2(c3ccc(O[C@@H]4OC(C(=O)O)[C@@H](O)C(O)C4O)cc3Oc3cc(O[C@@H]4OC(C(=O)O)[C@@H](O)C(O)C4O)ccc32)c2ccccc21. The van der Waals surface area contributed by atoms with Gasteiger partial charge in [-0.2, -0.15) is 0 Å². The molecule has 0 amide bonds. The fourth-order valence-electron chi connectivity index (χ4n) is 6.35. The van der Waals surface area contributed by atoms with Gasteiger partial charge in [0.05, 0.1) is 5.56 Å². The summed E-state index contributed by atoms with van der Waals surface area (Å²) < 4.78 is 34.1. The lowest BCUT2D eigenvalue weighted by Gasteiger charge is -2.39. The molecular formula is C32H28O17. The number of aliphatic hydroxyl groups is 6. The monoisotopic (exact) mass is 684 g/mol. The number of rotatable bonds is 6. The zero-order valence-electron chi connectivity index (χ0n) is 24.8. The van der Waals surface area contributed by atoms with Crippen LogP contribution >= 0.6 is 0 Å². The highest BCUT2D eigenvalue weighted by molar-refractivity contribution is 5.97. The van der Waals surface area contributed by atoms with Gasteiger partial charge in [-0.1, -0.05) is 18.2 Å². The maximum Gasteiger partial charge on any atom is 0.340 e. The first kappa shape index (κ1) is 32.7. The van der Waals surface area contributed by atoms with Crippen LogP contribution in [0, 0.1) is 0 Å². The first-order valence-electron chi connectivity index (χ1n) is 14.8. The minimum Gasteiger partial charge on any atom is -0.479 e. The lowest BCUT2D eigenvalue weighted by atomic mass is 9.77. The van der Waals surface area contributed by atoms with E-state index in [1.807, 2.05) is 0 Å². The van der Waals surface area contributed by atoms with Crippen molar-refractivity contribution in [1.82, 2.24) is 0 Å². The summed E-state index contributed by atoms with van der Waals surface area (Å²) in [5.74, 6) is -3.86. The van der Waals surface area contributed by atoms with Gasteiger partial charge in [0, 0.05) is 28.8 Å². The number of aliphatic carboxylic acids is 2. The highest BCUT2D eigenvalue weighted by atomic mass is 16.7. The summed E-state index contributed by atoms with van der Waals surface area (Å²) in [7, 11) is 0. The molecule has 0 radical (unpaired) electrons. The minimum atomic E-state index is -1.94. The second kappa shape index (κ2) is 11.9. The maximum atomic E-state index is 13.2. The van der Waals surface area contributed by atoms with Crippen LogP contribution < -0.4 is 14.2 Å². The van der Waals surface area contributed by atoms with Gasteiger partial charge in [0.25, 0.3) is 0 Å². The van der Waals surface area contributed by atoms with Crippen molar-refractivity contribution in [2.24, 2.45) is 0 Å². The Morgan fingerprint density at radius 1 is 0.612 bits per heavy atom. The number of ether oxygens (including phenoxy) is 6. The van der Waals surface area contributed by atoms with Gasteiger partial charge in [-0.3, -0.25) is 0 Å². The van der Waals surface area contributed by atoms with Gasteiger partial charge in [-0.05, 0) is 30.3 Å². The molecule has 8 N–H and O–H groups in total. The third-order valence-electron chi connectivity index (χ3n) is 8.79. The van der Waals surface area contributed by atoms with E-state index in [1.54, 1.807) is 24.3 Å². The van der Waals surface area contributed by atoms with Crippen LogP contribution in [-0.4, -0.2) is 120 Å². The summed E-state index contributed by atoms with van der Waals surface area (Å²) in [5.41, 5.74) is -0.211. The average molecular weight is 685 g/mol. The van der Waals surface area contributed by atoms with Crippen LogP contribution in [0.4, 0.5) is 0 Å². The average Bonchev–Trinajstić information content (AvgIpc) is 3.37. The number of carboxylic acid groups (broad SMARTS) is 2. The van der Waals surface area contributed by atoms with Crippen molar-refractivity contribution in [2.45, 2.75) is 67.0 Å². The van der Waals surface area contributed by atoms with Crippen LogP contribution in [0.15, 0.2) is 60.7 Å². The molecular weight excluding hydrogens is 656 g/mol. The third-order valence-corrected chi connectivity index (χ3v) is 8.79. The van der Waals surface area contributed by atoms with E-state index in [4.69, 9.17) is 28.4 Å². The molecule has 1 spiro atoms. The van der Waals surface area contributed by atoms with Crippen LogP contribution in [-0.2, 0) is 29.4 Å². The zero-order chi connectivity index (χ0) is 34.9. The summed E-state index contributed by atoms with van der Waals surface area (Å²) >= 11 is 0. The normalized spacial score (nSPS) is 34.5. The first-order chi connectivity index (χ1) is 23.3. The lowest BCUT2D eigenvalue weighted by Crippen LogP contribution is -2.61. The van der Waals surface area contributed by atoms with Crippen molar-refractivity contribution in [1.29, 1.82) is 0 Å². The Balaban J connectivity index is 1.26. The second-order valence-corrected chi connectivity index (χ2v) is 11.7. The molecule has 258 valence electrons. The van der Waals surface area contributed by atoms with Crippen molar-refractivity contribution in [3.8, 4) is 23.0 Å². The largest absolute Gasteiger partial charge is 0.479 e. The van der Waals surface area contributed by atoms with E-state index < -0.39 is 84.9 Å². The van der Waals surface area contributed by atoms with Crippen LogP contribution in [0.2, 0.25) is 0 Å². The van der Waals surface area contributed by atoms with Crippen molar-refractivity contribution < 1.29 is 83.7 Å². The topological polar surface area (TPSA) is 268 Å².